The zero-order chi connectivity index (χ0) is 23.8. The Bertz CT molecular complexity index is 1660. The first-order valence-electron chi connectivity index (χ1n) is 11.3. The SMILES string of the molecule is CCNCc1cncc(-c2ncc3[nH]nc(-c4nc5c(-c6ccncc6)cccc5[nH]4)c3c2F)c1. The van der Waals surface area contributed by atoms with Crippen molar-refractivity contribution in [1.29, 1.82) is 0 Å². The van der Waals surface area contributed by atoms with Gasteiger partial charge in [0, 0.05) is 42.5 Å². The summed E-state index contributed by atoms with van der Waals surface area (Å²) in [5.41, 5.74) is 6.25. The lowest BCUT2D eigenvalue weighted by Gasteiger charge is -2.07. The predicted octanol–water partition coefficient (Wildman–Crippen LogP) is 4.87. The number of rotatable bonds is 6. The van der Waals surface area contributed by atoms with E-state index in [1.165, 1.54) is 0 Å². The average Bonchev–Trinajstić information content (AvgIpc) is 3.53. The number of imidazole rings is 1. The zero-order valence-corrected chi connectivity index (χ0v) is 18.9. The van der Waals surface area contributed by atoms with Gasteiger partial charge in [0.2, 0.25) is 0 Å². The lowest BCUT2D eigenvalue weighted by molar-refractivity contribution is 0.638. The summed E-state index contributed by atoms with van der Waals surface area (Å²) in [4.78, 5) is 20.8. The van der Waals surface area contributed by atoms with Crippen molar-refractivity contribution in [3.63, 3.8) is 0 Å². The van der Waals surface area contributed by atoms with Gasteiger partial charge in [-0.2, -0.15) is 5.10 Å². The second-order valence-electron chi connectivity index (χ2n) is 8.17. The highest BCUT2D eigenvalue weighted by atomic mass is 19.1. The summed E-state index contributed by atoms with van der Waals surface area (Å²) < 4.78 is 15.9. The van der Waals surface area contributed by atoms with Crippen molar-refractivity contribution >= 4 is 21.9 Å². The van der Waals surface area contributed by atoms with Gasteiger partial charge in [0.15, 0.2) is 11.6 Å². The van der Waals surface area contributed by atoms with E-state index in [1.54, 1.807) is 31.0 Å². The number of pyridine rings is 3. The average molecular weight is 465 g/mol. The number of hydrogen-bond donors (Lipinski definition) is 3. The van der Waals surface area contributed by atoms with Gasteiger partial charge in [-0.15, -0.1) is 0 Å². The molecule has 1 aromatic carbocycles. The van der Waals surface area contributed by atoms with E-state index in [9.17, 15) is 0 Å². The minimum atomic E-state index is -0.469. The van der Waals surface area contributed by atoms with Crippen LogP contribution in [0.3, 0.4) is 0 Å². The molecular formula is C26H21FN8. The number of halogens is 1. The van der Waals surface area contributed by atoms with Crippen LogP contribution in [0.2, 0.25) is 0 Å². The first-order valence-corrected chi connectivity index (χ1v) is 11.3. The number of hydrogen-bond acceptors (Lipinski definition) is 6. The standard InChI is InChI=1S/C26H21FN8/c1-2-28-11-15-10-17(13-30-12-15)23-22(27)21-20(14-31-23)34-35-25(21)26-32-19-5-3-4-18(24(19)33-26)16-6-8-29-9-7-16/h3-10,12-14,28H,2,11H2,1H3,(H,32,33)(H,34,35). The molecular weight excluding hydrogens is 443 g/mol. The number of aromatic nitrogens is 7. The van der Waals surface area contributed by atoms with Crippen LogP contribution in [-0.2, 0) is 6.54 Å². The minimum Gasteiger partial charge on any atom is -0.337 e. The molecule has 0 bridgehead atoms. The van der Waals surface area contributed by atoms with Crippen molar-refractivity contribution in [3.05, 3.63) is 78.8 Å². The number of para-hydroxylation sites is 1. The van der Waals surface area contributed by atoms with Crippen LogP contribution < -0.4 is 5.32 Å². The highest BCUT2D eigenvalue weighted by molar-refractivity contribution is 5.98. The maximum Gasteiger partial charge on any atom is 0.161 e. The van der Waals surface area contributed by atoms with Crippen LogP contribution in [0.15, 0.2) is 67.4 Å². The van der Waals surface area contributed by atoms with Gasteiger partial charge < -0.3 is 10.3 Å². The molecule has 8 nitrogen and oxygen atoms in total. The van der Waals surface area contributed by atoms with Gasteiger partial charge in [-0.05, 0) is 41.9 Å². The summed E-state index contributed by atoms with van der Waals surface area (Å²) in [5, 5.41) is 10.9. The van der Waals surface area contributed by atoms with Crippen LogP contribution in [-0.4, -0.2) is 41.7 Å². The molecule has 35 heavy (non-hydrogen) atoms. The molecule has 172 valence electrons. The molecule has 9 heteroatoms. The maximum absolute atomic E-state index is 15.9. The van der Waals surface area contributed by atoms with E-state index in [1.807, 2.05) is 43.3 Å². The van der Waals surface area contributed by atoms with Crippen LogP contribution in [0.5, 0.6) is 0 Å². The normalized spacial score (nSPS) is 11.5. The largest absolute Gasteiger partial charge is 0.337 e. The fourth-order valence-corrected chi connectivity index (χ4v) is 4.24. The molecule has 0 saturated heterocycles. The van der Waals surface area contributed by atoms with E-state index in [0.717, 1.165) is 34.3 Å². The third-order valence-electron chi connectivity index (χ3n) is 5.92. The van der Waals surface area contributed by atoms with E-state index in [2.05, 4.69) is 35.5 Å². The first kappa shape index (κ1) is 21.1. The van der Waals surface area contributed by atoms with Gasteiger partial charge >= 0.3 is 0 Å². The number of H-pyrrole nitrogens is 2. The second kappa shape index (κ2) is 8.69. The highest BCUT2D eigenvalue weighted by Gasteiger charge is 2.21. The number of nitrogens with one attached hydrogen (secondary N) is 3. The van der Waals surface area contributed by atoms with E-state index >= 15 is 4.39 Å². The Morgan fingerprint density at radius 1 is 0.943 bits per heavy atom. The molecule has 6 aromatic rings. The molecule has 3 N–H and O–H groups in total. The number of aromatic amines is 2. The van der Waals surface area contributed by atoms with Crippen LogP contribution in [0, 0.1) is 5.82 Å². The zero-order valence-electron chi connectivity index (χ0n) is 18.9. The Kier molecular flexibility index (Phi) is 5.23. The number of nitrogens with zero attached hydrogens (tertiary/aromatic N) is 5. The fraction of sp³-hybridized carbons (Fsp3) is 0.115. The Labute approximate surface area is 199 Å². The molecule has 0 fully saturated rings. The topological polar surface area (TPSA) is 108 Å². The third kappa shape index (κ3) is 3.71. The highest BCUT2D eigenvalue weighted by Crippen LogP contribution is 2.34. The Morgan fingerprint density at radius 3 is 2.69 bits per heavy atom. The Morgan fingerprint density at radius 2 is 1.83 bits per heavy atom. The number of benzene rings is 1. The molecule has 0 radical (unpaired) electrons. The van der Waals surface area contributed by atoms with Gasteiger partial charge in [0.1, 0.15) is 11.4 Å². The molecule has 5 heterocycles. The van der Waals surface area contributed by atoms with Crippen molar-refractivity contribution < 1.29 is 4.39 Å². The lowest BCUT2D eigenvalue weighted by atomic mass is 10.1. The third-order valence-corrected chi connectivity index (χ3v) is 5.92. The maximum atomic E-state index is 15.9. The molecule has 6 rings (SSSR count). The van der Waals surface area contributed by atoms with Crippen LogP contribution >= 0.6 is 0 Å². The van der Waals surface area contributed by atoms with Gasteiger partial charge in [-0.25, -0.2) is 9.37 Å². The lowest BCUT2D eigenvalue weighted by Crippen LogP contribution is -2.11. The van der Waals surface area contributed by atoms with E-state index in [-0.39, 0.29) is 5.69 Å². The summed E-state index contributed by atoms with van der Waals surface area (Å²) >= 11 is 0. The molecule has 0 spiro atoms. The van der Waals surface area contributed by atoms with Crippen LogP contribution in [0.1, 0.15) is 12.5 Å². The van der Waals surface area contributed by atoms with Gasteiger partial charge in [-0.3, -0.25) is 20.1 Å². The van der Waals surface area contributed by atoms with Crippen molar-refractivity contribution in [2.45, 2.75) is 13.5 Å². The fourth-order valence-electron chi connectivity index (χ4n) is 4.24. The van der Waals surface area contributed by atoms with Crippen LogP contribution in [0.4, 0.5) is 4.39 Å². The molecule has 0 aliphatic carbocycles. The van der Waals surface area contributed by atoms with Crippen molar-refractivity contribution in [2.75, 3.05) is 6.54 Å². The smallest absolute Gasteiger partial charge is 0.161 e. The Hall–Kier alpha value is -4.50. The van der Waals surface area contributed by atoms with Gasteiger partial charge in [0.25, 0.3) is 0 Å². The monoisotopic (exact) mass is 464 g/mol. The summed E-state index contributed by atoms with van der Waals surface area (Å²) in [6.07, 6.45) is 8.46. The summed E-state index contributed by atoms with van der Waals surface area (Å²) in [5.74, 6) is 0.00583. The molecule has 0 saturated carbocycles. The first-order chi connectivity index (χ1) is 17.2. The summed E-state index contributed by atoms with van der Waals surface area (Å²) in [6, 6.07) is 11.7. The Balaban J connectivity index is 1.48. The number of fused-ring (bicyclic) bond motifs is 2. The summed E-state index contributed by atoms with van der Waals surface area (Å²) in [6.45, 7) is 3.52. The van der Waals surface area contributed by atoms with E-state index in [4.69, 9.17) is 4.98 Å². The van der Waals surface area contributed by atoms with Crippen molar-refractivity contribution in [1.82, 2.24) is 40.4 Å². The second-order valence-corrected chi connectivity index (χ2v) is 8.17. The molecule has 0 unspecified atom stereocenters. The molecule has 0 aliphatic rings. The quantitative estimate of drug-likeness (QED) is 0.324. The van der Waals surface area contributed by atoms with Gasteiger partial charge in [0.05, 0.1) is 28.1 Å². The van der Waals surface area contributed by atoms with E-state index in [0.29, 0.717) is 34.5 Å². The minimum absolute atomic E-state index is 0.222. The molecule has 0 atom stereocenters. The predicted molar refractivity (Wildman–Crippen MR) is 133 cm³/mol. The van der Waals surface area contributed by atoms with Crippen LogP contribution in [0.25, 0.3) is 55.8 Å². The van der Waals surface area contributed by atoms with Crippen molar-refractivity contribution in [3.8, 4) is 33.9 Å². The molecule has 0 amide bonds. The van der Waals surface area contributed by atoms with E-state index < -0.39 is 5.82 Å². The molecule has 0 aliphatic heterocycles. The van der Waals surface area contributed by atoms with Crippen molar-refractivity contribution in [2.24, 2.45) is 0 Å². The van der Waals surface area contributed by atoms with Gasteiger partial charge in [-0.1, -0.05) is 19.1 Å². The molecule has 5 aromatic heterocycles. The summed E-state index contributed by atoms with van der Waals surface area (Å²) in [7, 11) is 0.